The van der Waals surface area contributed by atoms with E-state index in [9.17, 15) is 9.59 Å². The predicted molar refractivity (Wildman–Crippen MR) is 60.1 cm³/mol. The molecule has 0 saturated carbocycles. The highest BCUT2D eigenvalue weighted by Crippen LogP contribution is 2.16. The number of Topliss-reactive ketones (excluding diaryl/α,β-unsaturated/α-hetero) is 1. The molecular formula is C13H12O4. The molecule has 0 N–H and O–H groups in total. The standard InChI is InChI=1S/C13H12O4/c1-9-7-11(14)12(8-16-9)17-13(15)10-5-3-2-4-6-10/h2-6,8-9H,7H2,1H3. The molecule has 0 fully saturated rings. The fourth-order valence-corrected chi connectivity index (χ4v) is 1.47. The average Bonchev–Trinajstić information content (AvgIpc) is 2.34. The summed E-state index contributed by atoms with van der Waals surface area (Å²) in [6, 6.07) is 8.50. The summed E-state index contributed by atoms with van der Waals surface area (Å²) in [5.41, 5.74) is 0.403. The number of carbonyl (C=O) groups is 2. The van der Waals surface area contributed by atoms with Crippen molar-refractivity contribution in [2.45, 2.75) is 19.4 Å². The van der Waals surface area contributed by atoms with Crippen LogP contribution in [0.4, 0.5) is 0 Å². The lowest BCUT2D eigenvalue weighted by Crippen LogP contribution is -2.22. The van der Waals surface area contributed by atoms with Crippen molar-refractivity contribution in [1.29, 1.82) is 0 Å². The van der Waals surface area contributed by atoms with Gasteiger partial charge in [0.15, 0.2) is 0 Å². The van der Waals surface area contributed by atoms with Gasteiger partial charge in [-0.15, -0.1) is 0 Å². The normalized spacial score (nSPS) is 19.2. The number of carbonyl (C=O) groups excluding carboxylic acids is 2. The van der Waals surface area contributed by atoms with Crippen molar-refractivity contribution in [3.8, 4) is 0 Å². The first kappa shape index (κ1) is 11.4. The van der Waals surface area contributed by atoms with Gasteiger partial charge in [-0.25, -0.2) is 4.79 Å². The topological polar surface area (TPSA) is 52.6 Å². The van der Waals surface area contributed by atoms with Crippen LogP contribution in [0, 0.1) is 0 Å². The Morgan fingerprint density at radius 1 is 1.35 bits per heavy atom. The summed E-state index contributed by atoms with van der Waals surface area (Å²) in [5.74, 6) is -0.798. The van der Waals surface area contributed by atoms with Crippen LogP contribution in [0.1, 0.15) is 23.7 Å². The Kier molecular flexibility index (Phi) is 3.23. The van der Waals surface area contributed by atoms with Gasteiger partial charge >= 0.3 is 5.97 Å². The van der Waals surface area contributed by atoms with Gasteiger partial charge in [0.1, 0.15) is 12.4 Å². The monoisotopic (exact) mass is 232 g/mol. The third kappa shape index (κ3) is 2.72. The van der Waals surface area contributed by atoms with E-state index in [0.717, 1.165) is 0 Å². The molecule has 0 aromatic heterocycles. The van der Waals surface area contributed by atoms with Crippen LogP contribution in [0.3, 0.4) is 0 Å². The van der Waals surface area contributed by atoms with Gasteiger partial charge in [-0.05, 0) is 19.1 Å². The van der Waals surface area contributed by atoms with E-state index in [4.69, 9.17) is 9.47 Å². The Balaban J connectivity index is 2.07. The molecule has 0 radical (unpaired) electrons. The van der Waals surface area contributed by atoms with Crippen LogP contribution in [-0.2, 0) is 14.3 Å². The lowest BCUT2D eigenvalue weighted by molar-refractivity contribution is -0.122. The number of benzene rings is 1. The Hall–Kier alpha value is -2.10. The summed E-state index contributed by atoms with van der Waals surface area (Å²) < 4.78 is 10.1. The molecule has 1 aliphatic rings. The van der Waals surface area contributed by atoms with Crippen LogP contribution >= 0.6 is 0 Å². The Morgan fingerprint density at radius 3 is 2.71 bits per heavy atom. The summed E-state index contributed by atoms with van der Waals surface area (Å²) in [7, 11) is 0. The van der Waals surface area contributed by atoms with Gasteiger partial charge < -0.3 is 9.47 Å². The fourth-order valence-electron chi connectivity index (χ4n) is 1.47. The molecule has 1 unspecified atom stereocenters. The maximum Gasteiger partial charge on any atom is 0.343 e. The zero-order valence-electron chi connectivity index (χ0n) is 9.38. The highest BCUT2D eigenvalue weighted by Gasteiger charge is 2.23. The van der Waals surface area contributed by atoms with Gasteiger partial charge in [-0.3, -0.25) is 4.79 Å². The molecule has 0 aliphatic carbocycles. The van der Waals surface area contributed by atoms with Crippen LogP contribution in [-0.4, -0.2) is 17.9 Å². The third-order valence-electron chi connectivity index (χ3n) is 2.37. The molecule has 1 atom stereocenters. The molecule has 1 aliphatic heterocycles. The average molecular weight is 232 g/mol. The van der Waals surface area contributed by atoms with Gasteiger partial charge in [0, 0.05) is 0 Å². The first-order chi connectivity index (χ1) is 8.16. The van der Waals surface area contributed by atoms with Gasteiger partial charge in [0.05, 0.1) is 12.0 Å². The molecule has 2 rings (SSSR count). The van der Waals surface area contributed by atoms with Crippen molar-refractivity contribution < 1.29 is 19.1 Å². The number of allylic oxidation sites excluding steroid dienone is 1. The van der Waals surface area contributed by atoms with E-state index in [0.29, 0.717) is 5.56 Å². The van der Waals surface area contributed by atoms with Gasteiger partial charge in [0.25, 0.3) is 0 Å². The zero-order valence-corrected chi connectivity index (χ0v) is 9.38. The number of ketones is 1. The molecule has 4 heteroatoms. The lowest BCUT2D eigenvalue weighted by Gasteiger charge is -2.17. The summed E-state index contributed by atoms with van der Waals surface area (Å²) in [5, 5.41) is 0. The van der Waals surface area contributed by atoms with Gasteiger partial charge in [-0.2, -0.15) is 0 Å². The first-order valence-corrected chi connectivity index (χ1v) is 5.33. The summed E-state index contributed by atoms with van der Waals surface area (Å²) in [6.45, 7) is 1.78. The van der Waals surface area contributed by atoms with Crippen molar-refractivity contribution in [2.24, 2.45) is 0 Å². The molecular weight excluding hydrogens is 220 g/mol. The van der Waals surface area contributed by atoms with Crippen LogP contribution in [0.2, 0.25) is 0 Å². The molecule has 0 saturated heterocycles. The Labute approximate surface area is 98.8 Å². The molecule has 0 spiro atoms. The maximum absolute atomic E-state index is 11.7. The minimum absolute atomic E-state index is 0.0306. The first-order valence-electron chi connectivity index (χ1n) is 5.33. The molecule has 17 heavy (non-hydrogen) atoms. The smallest absolute Gasteiger partial charge is 0.343 e. The van der Waals surface area contributed by atoms with Crippen molar-refractivity contribution in [3.63, 3.8) is 0 Å². The number of esters is 1. The maximum atomic E-state index is 11.7. The van der Waals surface area contributed by atoms with Crippen LogP contribution in [0.25, 0.3) is 0 Å². The zero-order chi connectivity index (χ0) is 12.3. The van der Waals surface area contributed by atoms with Crippen LogP contribution in [0.5, 0.6) is 0 Å². The summed E-state index contributed by atoms with van der Waals surface area (Å²) >= 11 is 0. The molecule has 0 amide bonds. The minimum atomic E-state index is -0.552. The molecule has 1 aromatic carbocycles. The van der Waals surface area contributed by atoms with Crippen LogP contribution < -0.4 is 0 Å². The van der Waals surface area contributed by atoms with Crippen molar-refractivity contribution in [1.82, 2.24) is 0 Å². The summed E-state index contributed by atoms with van der Waals surface area (Å²) in [4.78, 5) is 23.2. The summed E-state index contributed by atoms with van der Waals surface area (Å²) in [6.07, 6.45) is 1.27. The number of ether oxygens (including phenoxy) is 2. The van der Waals surface area contributed by atoms with E-state index in [2.05, 4.69) is 0 Å². The lowest BCUT2D eigenvalue weighted by atomic mass is 10.1. The van der Waals surface area contributed by atoms with Crippen molar-refractivity contribution in [3.05, 3.63) is 47.9 Å². The molecule has 1 heterocycles. The van der Waals surface area contributed by atoms with Crippen molar-refractivity contribution >= 4 is 11.8 Å². The number of rotatable bonds is 2. The second kappa shape index (κ2) is 4.82. The molecule has 88 valence electrons. The number of hydrogen-bond acceptors (Lipinski definition) is 4. The molecule has 4 nitrogen and oxygen atoms in total. The van der Waals surface area contributed by atoms with E-state index < -0.39 is 5.97 Å². The van der Waals surface area contributed by atoms with E-state index in [1.165, 1.54) is 6.26 Å². The highest BCUT2D eigenvalue weighted by molar-refractivity contribution is 5.99. The van der Waals surface area contributed by atoms with Crippen molar-refractivity contribution in [2.75, 3.05) is 0 Å². The Bertz CT molecular complexity index is 462. The SMILES string of the molecule is CC1CC(=O)C(OC(=O)c2ccccc2)=CO1. The van der Waals surface area contributed by atoms with E-state index in [1.54, 1.807) is 37.3 Å². The van der Waals surface area contributed by atoms with E-state index in [1.807, 2.05) is 0 Å². The second-order valence-corrected chi connectivity index (χ2v) is 3.81. The highest BCUT2D eigenvalue weighted by atomic mass is 16.6. The fraction of sp³-hybridized carbons (Fsp3) is 0.231. The quantitative estimate of drug-likeness (QED) is 0.732. The van der Waals surface area contributed by atoms with E-state index in [-0.39, 0.29) is 24.1 Å². The van der Waals surface area contributed by atoms with Gasteiger partial charge in [-0.1, -0.05) is 18.2 Å². The Morgan fingerprint density at radius 2 is 2.06 bits per heavy atom. The van der Waals surface area contributed by atoms with Gasteiger partial charge in [0.2, 0.25) is 11.5 Å². The molecule has 0 bridgehead atoms. The third-order valence-corrected chi connectivity index (χ3v) is 2.37. The minimum Gasteiger partial charge on any atom is -0.494 e. The second-order valence-electron chi connectivity index (χ2n) is 3.81. The largest absolute Gasteiger partial charge is 0.494 e. The van der Waals surface area contributed by atoms with E-state index >= 15 is 0 Å². The molecule has 1 aromatic rings. The number of hydrogen-bond donors (Lipinski definition) is 0. The van der Waals surface area contributed by atoms with Crippen LogP contribution in [0.15, 0.2) is 42.4 Å². The predicted octanol–water partition coefficient (Wildman–Crippen LogP) is 2.06.